The van der Waals surface area contributed by atoms with Gasteiger partial charge in [0.15, 0.2) is 22.5 Å². The average Bonchev–Trinajstić information content (AvgIpc) is 3.38. The van der Waals surface area contributed by atoms with Crippen LogP contribution in [0.2, 0.25) is 0 Å². The summed E-state index contributed by atoms with van der Waals surface area (Å²) in [5.41, 5.74) is 0.555. The van der Waals surface area contributed by atoms with Crippen molar-refractivity contribution >= 4 is 29.3 Å². The van der Waals surface area contributed by atoms with Crippen LogP contribution in [-0.2, 0) is 11.8 Å². The summed E-state index contributed by atoms with van der Waals surface area (Å²) in [6, 6.07) is 10.4. The predicted octanol–water partition coefficient (Wildman–Crippen LogP) is 2.90. The molecule has 0 spiro atoms. The van der Waals surface area contributed by atoms with Crippen LogP contribution in [0.15, 0.2) is 47.6 Å². The lowest BCUT2D eigenvalue weighted by molar-refractivity contribution is -0.113. The monoisotopic (exact) mass is 457 g/mol. The quantitative estimate of drug-likeness (QED) is 0.525. The lowest BCUT2D eigenvalue weighted by Gasteiger charge is -2.14. The van der Waals surface area contributed by atoms with Crippen molar-refractivity contribution in [2.45, 2.75) is 18.1 Å². The summed E-state index contributed by atoms with van der Waals surface area (Å²) < 4.78 is 26.1. The molecule has 1 unspecified atom stereocenters. The Labute approximate surface area is 187 Å². The Balaban J connectivity index is 1.33. The SMILES string of the molecule is CC(NC(=O)c1ccccc1F)c1nnc(SCC(=O)Nc2ccc3c(c2)OCO3)n1C. The lowest BCUT2D eigenvalue weighted by atomic mass is 10.2. The predicted molar refractivity (Wildman–Crippen MR) is 115 cm³/mol. The summed E-state index contributed by atoms with van der Waals surface area (Å²) in [4.78, 5) is 24.7. The molecule has 0 saturated heterocycles. The Kier molecular flexibility index (Phi) is 6.26. The van der Waals surface area contributed by atoms with E-state index < -0.39 is 17.8 Å². The first-order valence-electron chi connectivity index (χ1n) is 9.69. The minimum Gasteiger partial charge on any atom is -0.454 e. The Bertz CT molecular complexity index is 1170. The number of benzene rings is 2. The van der Waals surface area contributed by atoms with Crippen LogP contribution in [0.25, 0.3) is 0 Å². The first-order chi connectivity index (χ1) is 15.4. The highest BCUT2D eigenvalue weighted by molar-refractivity contribution is 7.99. The number of aromatic nitrogens is 3. The first-order valence-corrected chi connectivity index (χ1v) is 10.7. The Hall–Kier alpha value is -3.60. The van der Waals surface area contributed by atoms with E-state index in [9.17, 15) is 14.0 Å². The van der Waals surface area contributed by atoms with Gasteiger partial charge in [0.1, 0.15) is 5.82 Å². The van der Waals surface area contributed by atoms with E-state index in [1.54, 1.807) is 42.8 Å². The summed E-state index contributed by atoms with van der Waals surface area (Å²) in [6.07, 6.45) is 0. The maximum Gasteiger partial charge on any atom is 0.254 e. The van der Waals surface area contributed by atoms with Gasteiger partial charge in [-0.05, 0) is 31.2 Å². The molecule has 3 aromatic rings. The number of thioether (sulfide) groups is 1. The van der Waals surface area contributed by atoms with Crippen LogP contribution >= 0.6 is 11.8 Å². The van der Waals surface area contributed by atoms with Gasteiger partial charge < -0.3 is 24.7 Å². The average molecular weight is 457 g/mol. The molecule has 11 heteroatoms. The standard InChI is InChI=1S/C21H20FN5O4S/c1-12(23-20(29)14-5-3-4-6-15(14)22)19-25-26-21(27(19)2)32-10-18(28)24-13-7-8-16-17(9-13)31-11-30-16/h3-9,12H,10-11H2,1-2H3,(H,23,29)(H,24,28). The van der Waals surface area contributed by atoms with Crippen LogP contribution in [0.4, 0.5) is 10.1 Å². The molecule has 32 heavy (non-hydrogen) atoms. The molecule has 2 amide bonds. The number of nitrogens with one attached hydrogen (secondary N) is 2. The topological polar surface area (TPSA) is 107 Å². The molecule has 2 aromatic carbocycles. The zero-order chi connectivity index (χ0) is 22.7. The third-order valence-electron chi connectivity index (χ3n) is 4.71. The number of nitrogens with zero attached hydrogens (tertiary/aromatic N) is 3. The zero-order valence-electron chi connectivity index (χ0n) is 17.3. The van der Waals surface area contributed by atoms with Crippen LogP contribution in [0, 0.1) is 5.82 Å². The van der Waals surface area contributed by atoms with E-state index in [4.69, 9.17) is 9.47 Å². The van der Waals surface area contributed by atoms with Crippen molar-refractivity contribution in [3.05, 3.63) is 59.7 Å². The fourth-order valence-electron chi connectivity index (χ4n) is 3.11. The summed E-state index contributed by atoms with van der Waals surface area (Å²) in [6.45, 7) is 1.89. The molecule has 0 aliphatic carbocycles. The number of hydrogen-bond acceptors (Lipinski definition) is 7. The van der Waals surface area contributed by atoms with Gasteiger partial charge >= 0.3 is 0 Å². The molecule has 2 N–H and O–H groups in total. The van der Waals surface area contributed by atoms with Crippen molar-refractivity contribution < 1.29 is 23.5 Å². The second-order valence-electron chi connectivity index (χ2n) is 6.98. The molecule has 1 atom stereocenters. The molecular formula is C21H20FN5O4S. The van der Waals surface area contributed by atoms with E-state index in [2.05, 4.69) is 20.8 Å². The van der Waals surface area contributed by atoms with Crippen molar-refractivity contribution in [3.63, 3.8) is 0 Å². The van der Waals surface area contributed by atoms with Gasteiger partial charge in [-0.15, -0.1) is 10.2 Å². The van der Waals surface area contributed by atoms with Crippen molar-refractivity contribution in [3.8, 4) is 11.5 Å². The van der Waals surface area contributed by atoms with Gasteiger partial charge in [0, 0.05) is 18.8 Å². The third-order valence-corrected chi connectivity index (χ3v) is 5.73. The van der Waals surface area contributed by atoms with Crippen LogP contribution in [0.5, 0.6) is 11.5 Å². The molecule has 0 bridgehead atoms. The number of hydrogen-bond donors (Lipinski definition) is 2. The number of halogens is 1. The molecule has 0 radical (unpaired) electrons. The second kappa shape index (κ2) is 9.27. The Morgan fingerprint density at radius 1 is 1.19 bits per heavy atom. The summed E-state index contributed by atoms with van der Waals surface area (Å²) >= 11 is 1.20. The third kappa shape index (κ3) is 4.67. The number of ether oxygens (including phenoxy) is 2. The molecule has 1 aliphatic heterocycles. The highest BCUT2D eigenvalue weighted by Crippen LogP contribution is 2.34. The fraction of sp³-hybridized carbons (Fsp3) is 0.238. The molecule has 0 saturated carbocycles. The zero-order valence-corrected chi connectivity index (χ0v) is 18.1. The number of rotatable bonds is 7. The molecule has 0 fully saturated rings. The highest BCUT2D eigenvalue weighted by Gasteiger charge is 2.20. The number of fused-ring (bicyclic) bond motifs is 1. The van der Waals surface area contributed by atoms with Gasteiger partial charge in [0.05, 0.1) is 17.4 Å². The second-order valence-corrected chi connectivity index (χ2v) is 7.92. The number of anilines is 1. The van der Waals surface area contributed by atoms with Crippen molar-refractivity contribution in [1.29, 1.82) is 0 Å². The molecule has 2 heterocycles. The summed E-state index contributed by atoms with van der Waals surface area (Å²) in [7, 11) is 1.74. The van der Waals surface area contributed by atoms with E-state index in [-0.39, 0.29) is 24.0 Å². The van der Waals surface area contributed by atoms with Gasteiger partial charge in [0.2, 0.25) is 12.7 Å². The maximum absolute atomic E-state index is 13.8. The molecule has 4 rings (SSSR count). The van der Waals surface area contributed by atoms with E-state index in [0.29, 0.717) is 28.2 Å². The Morgan fingerprint density at radius 3 is 2.78 bits per heavy atom. The van der Waals surface area contributed by atoms with Crippen molar-refractivity contribution in [2.24, 2.45) is 7.05 Å². The van der Waals surface area contributed by atoms with Gasteiger partial charge in [0.25, 0.3) is 5.91 Å². The number of amides is 2. The molecule has 166 valence electrons. The number of carbonyl (C=O) groups is 2. The molecule has 1 aromatic heterocycles. The van der Waals surface area contributed by atoms with Gasteiger partial charge in [-0.2, -0.15) is 0 Å². The summed E-state index contributed by atoms with van der Waals surface area (Å²) in [5.74, 6) is 0.444. The molecule has 1 aliphatic rings. The maximum atomic E-state index is 13.8. The smallest absolute Gasteiger partial charge is 0.254 e. The van der Waals surface area contributed by atoms with Crippen LogP contribution in [-0.4, -0.2) is 39.1 Å². The highest BCUT2D eigenvalue weighted by atomic mass is 32.2. The van der Waals surface area contributed by atoms with Crippen LogP contribution in [0.1, 0.15) is 29.1 Å². The largest absolute Gasteiger partial charge is 0.454 e. The van der Waals surface area contributed by atoms with Crippen molar-refractivity contribution in [2.75, 3.05) is 17.9 Å². The van der Waals surface area contributed by atoms with E-state index >= 15 is 0 Å². The normalized spacial score (nSPS) is 13.0. The van der Waals surface area contributed by atoms with Crippen LogP contribution in [0.3, 0.4) is 0 Å². The lowest BCUT2D eigenvalue weighted by Crippen LogP contribution is -2.29. The van der Waals surface area contributed by atoms with Gasteiger partial charge in [-0.25, -0.2) is 4.39 Å². The van der Waals surface area contributed by atoms with E-state index in [1.807, 2.05) is 0 Å². The van der Waals surface area contributed by atoms with Gasteiger partial charge in [-0.1, -0.05) is 23.9 Å². The first kappa shape index (κ1) is 21.6. The van der Waals surface area contributed by atoms with Crippen molar-refractivity contribution in [1.82, 2.24) is 20.1 Å². The molecular weight excluding hydrogens is 437 g/mol. The van der Waals surface area contributed by atoms with Gasteiger partial charge in [-0.3, -0.25) is 9.59 Å². The minimum atomic E-state index is -0.597. The summed E-state index contributed by atoms with van der Waals surface area (Å²) in [5, 5.41) is 14.2. The van der Waals surface area contributed by atoms with E-state index in [1.165, 1.54) is 30.0 Å². The van der Waals surface area contributed by atoms with E-state index in [0.717, 1.165) is 0 Å². The fourth-order valence-corrected chi connectivity index (χ4v) is 3.83. The van der Waals surface area contributed by atoms with Crippen LogP contribution < -0.4 is 20.1 Å². The Morgan fingerprint density at radius 2 is 1.97 bits per heavy atom. The number of carbonyl (C=O) groups excluding carboxylic acids is 2. The minimum absolute atomic E-state index is 0.0451. The molecule has 9 nitrogen and oxygen atoms in total.